The van der Waals surface area contributed by atoms with Gasteiger partial charge in [-0.2, -0.15) is 0 Å². The van der Waals surface area contributed by atoms with E-state index in [-0.39, 0.29) is 0 Å². The van der Waals surface area contributed by atoms with E-state index in [1.807, 2.05) is 24.4 Å². The average Bonchev–Trinajstić information content (AvgIpc) is 3.32. The number of hydrogen-bond acceptors (Lipinski definition) is 3. The van der Waals surface area contributed by atoms with Crippen molar-refractivity contribution in [2.45, 2.75) is 31.7 Å². The summed E-state index contributed by atoms with van der Waals surface area (Å²) in [5, 5.41) is 4.46. The van der Waals surface area contributed by atoms with Crippen molar-refractivity contribution in [3.05, 3.63) is 101 Å². The van der Waals surface area contributed by atoms with Crippen LogP contribution in [0.1, 0.15) is 48.4 Å². The lowest BCUT2D eigenvalue weighted by molar-refractivity contribution is 0.317. The number of rotatable bonds is 6. The van der Waals surface area contributed by atoms with Gasteiger partial charge in [0, 0.05) is 28.4 Å². The minimum absolute atomic E-state index is 0.296. The molecule has 0 radical (unpaired) electrons. The van der Waals surface area contributed by atoms with Crippen LogP contribution in [-0.4, -0.2) is 12.8 Å². The predicted molar refractivity (Wildman–Crippen MR) is 134 cm³/mol. The Morgan fingerprint density at radius 3 is 2.78 bits per heavy atom. The number of nitrogens with one attached hydrogen (secondary N) is 1. The average molecular weight is 443 g/mol. The van der Waals surface area contributed by atoms with Crippen LogP contribution in [0.15, 0.2) is 83.9 Å². The predicted octanol–water partition coefficient (Wildman–Crippen LogP) is 7.71. The molecule has 0 bridgehead atoms. The molecule has 3 nitrogen and oxygen atoms in total. The standard InChI is InChI=1S/C28H27ClN2O/c1-2-16-32-27-15-12-21(29)17-20(27)18-30-22-13-10-19(11-14-22)28-25-8-5-7-23(25)24-6-3-4-9-26(24)31-28/h3-7,9-15,17-18,23,25,28,31H,2,8,16H2,1H3/t23-,25-,28+/m1/s1. The van der Waals surface area contributed by atoms with Crippen LogP contribution in [0.2, 0.25) is 5.02 Å². The van der Waals surface area contributed by atoms with Crippen LogP contribution in [0.25, 0.3) is 0 Å². The first-order valence-electron chi connectivity index (χ1n) is 11.3. The van der Waals surface area contributed by atoms with Crippen molar-refractivity contribution in [3.63, 3.8) is 0 Å². The van der Waals surface area contributed by atoms with Crippen molar-refractivity contribution in [1.29, 1.82) is 0 Å². The van der Waals surface area contributed by atoms with Gasteiger partial charge in [0.05, 0.1) is 18.3 Å². The summed E-state index contributed by atoms with van der Waals surface area (Å²) in [6.07, 6.45) is 8.59. The molecule has 1 N–H and O–H groups in total. The Hall–Kier alpha value is -3.04. The number of para-hydroxylation sites is 1. The number of hydrogen-bond donors (Lipinski definition) is 1. The van der Waals surface area contributed by atoms with Crippen molar-refractivity contribution in [2.24, 2.45) is 10.9 Å². The van der Waals surface area contributed by atoms with E-state index in [0.29, 0.717) is 29.5 Å². The largest absolute Gasteiger partial charge is 0.493 e. The van der Waals surface area contributed by atoms with E-state index in [0.717, 1.165) is 29.8 Å². The van der Waals surface area contributed by atoms with E-state index in [2.05, 4.69) is 77.9 Å². The molecule has 1 aliphatic heterocycles. The molecule has 0 saturated carbocycles. The Bertz CT molecular complexity index is 1150. The van der Waals surface area contributed by atoms with Crippen LogP contribution in [0, 0.1) is 5.92 Å². The molecule has 1 heterocycles. The molecular weight excluding hydrogens is 416 g/mol. The highest BCUT2D eigenvalue weighted by molar-refractivity contribution is 6.30. The second kappa shape index (κ2) is 9.22. The molecule has 32 heavy (non-hydrogen) atoms. The smallest absolute Gasteiger partial charge is 0.128 e. The Balaban J connectivity index is 1.36. The SMILES string of the molecule is CCCOc1ccc(Cl)cc1C=Nc1ccc([C@@H]2Nc3ccccc3[C@H]3C=CC[C@H]32)cc1. The van der Waals surface area contributed by atoms with E-state index in [9.17, 15) is 0 Å². The lowest BCUT2D eigenvalue weighted by Crippen LogP contribution is -2.28. The first kappa shape index (κ1) is 20.8. The molecule has 0 aromatic heterocycles. The van der Waals surface area contributed by atoms with Gasteiger partial charge in [0.25, 0.3) is 0 Å². The lowest BCUT2D eigenvalue weighted by atomic mass is 9.77. The number of aliphatic imine (C=N–C) groups is 1. The molecule has 5 rings (SSSR count). The van der Waals surface area contributed by atoms with Crippen LogP contribution in [0.4, 0.5) is 11.4 Å². The second-order valence-corrected chi connectivity index (χ2v) is 8.88. The Morgan fingerprint density at radius 1 is 1.09 bits per heavy atom. The molecule has 3 aromatic rings. The van der Waals surface area contributed by atoms with Crippen molar-refractivity contribution >= 4 is 29.2 Å². The van der Waals surface area contributed by atoms with Crippen molar-refractivity contribution in [3.8, 4) is 5.75 Å². The van der Waals surface area contributed by atoms with E-state index in [4.69, 9.17) is 16.3 Å². The summed E-state index contributed by atoms with van der Waals surface area (Å²) in [6.45, 7) is 2.76. The Labute approximate surface area is 194 Å². The van der Waals surface area contributed by atoms with Crippen LogP contribution >= 0.6 is 11.6 Å². The van der Waals surface area contributed by atoms with Gasteiger partial charge in [0.15, 0.2) is 0 Å². The Morgan fingerprint density at radius 2 is 1.94 bits per heavy atom. The highest BCUT2D eigenvalue weighted by atomic mass is 35.5. The maximum Gasteiger partial charge on any atom is 0.128 e. The summed E-state index contributed by atoms with van der Waals surface area (Å²) in [5.74, 6) is 1.84. The molecule has 3 atom stereocenters. The van der Waals surface area contributed by atoms with Gasteiger partial charge >= 0.3 is 0 Å². The van der Waals surface area contributed by atoms with E-state index in [1.165, 1.54) is 16.8 Å². The number of anilines is 1. The minimum atomic E-state index is 0.296. The number of halogens is 1. The quantitative estimate of drug-likeness (QED) is 0.313. The van der Waals surface area contributed by atoms with Gasteiger partial charge in [0.1, 0.15) is 5.75 Å². The van der Waals surface area contributed by atoms with Crippen molar-refractivity contribution in [1.82, 2.24) is 0 Å². The van der Waals surface area contributed by atoms with Gasteiger partial charge in [-0.15, -0.1) is 0 Å². The fraction of sp³-hybridized carbons (Fsp3) is 0.250. The normalized spacial score (nSPS) is 21.2. The molecule has 2 aliphatic rings. The number of nitrogens with zero attached hydrogens (tertiary/aromatic N) is 1. The van der Waals surface area contributed by atoms with Crippen molar-refractivity contribution < 1.29 is 4.74 Å². The highest BCUT2D eigenvalue weighted by Gasteiger charge is 2.37. The van der Waals surface area contributed by atoms with Gasteiger partial charge in [-0.25, -0.2) is 0 Å². The number of ether oxygens (including phenoxy) is 1. The molecule has 0 spiro atoms. The third kappa shape index (κ3) is 4.18. The molecule has 162 valence electrons. The maximum atomic E-state index is 6.19. The second-order valence-electron chi connectivity index (χ2n) is 8.44. The van der Waals surface area contributed by atoms with Crippen LogP contribution in [0.3, 0.4) is 0 Å². The van der Waals surface area contributed by atoms with E-state index < -0.39 is 0 Å². The molecule has 0 saturated heterocycles. The number of benzene rings is 3. The summed E-state index contributed by atoms with van der Waals surface area (Å²) in [4.78, 5) is 4.68. The van der Waals surface area contributed by atoms with E-state index >= 15 is 0 Å². The zero-order valence-corrected chi connectivity index (χ0v) is 18.9. The first-order valence-corrected chi connectivity index (χ1v) is 11.7. The Kier molecular flexibility index (Phi) is 6.00. The summed E-state index contributed by atoms with van der Waals surface area (Å²) in [7, 11) is 0. The lowest BCUT2D eigenvalue weighted by Gasteiger charge is -2.37. The van der Waals surface area contributed by atoms with Crippen LogP contribution in [0.5, 0.6) is 5.75 Å². The fourth-order valence-electron chi connectivity index (χ4n) is 4.75. The fourth-order valence-corrected chi connectivity index (χ4v) is 4.93. The number of allylic oxidation sites excluding steroid dienone is 2. The topological polar surface area (TPSA) is 33.6 Å². The van der Waals surface area contributed by atoms with Gasteiger partial charge < -0.3 is 10.1 Å². The van der Waals surface area contributed by atoms with Crippen LogP contribution < -0.4 is 10.1 Å². The molecular formula is C28H27ClN2O. The molecule has 0 fully saturated rings. The zero-order chi connectivity index (χ0) is 21.9. The van der Waals surface area contributed by atoms with Gasteiger partial charge in [-0.1, -0.05) is 61.0 Å². The minimum Gasteiger partial charge on any atom is -0.493 e. The maximum absolute atomic E-state index is 6.19. The molecule has 4 heteroatoms. The molecule has 0 unspecified atom stereocenters. The zero-order valence-electron chi connectivity index (χ0n) is 18.2. The third-order valence-electron chi connectivity index (χ3n) is 6.31. The van der Waals surface area contributed by atoms with Gasteiger partial charge in [0.2, 0.25) is 0 Å². The van der Waals surface area contributed by atoms with E-state index in [1.54, 1.807) is 0 Å². The van der Waals surface area contributed by atoms with Gasteiger partial charge in [-0.05, 0) is 66.3 Å². The monoisotopic (exact) mass is 442 g/mol. The highest BCUT2D eigenvalue weighted by Crippen LogP contribution is 2.49. The van der Waals surface area contributed by atoms with Crippen LogP contribution in [-0.2, 0) is 0 Å². The molecule has 1 aliphatic carbocycles. The summed E-state index contributed by atoms with van der Waals surface area (Å²) in [6, 6.07) is 23.2. The molecule has 0 amide bonds. The number of fused-ring (bicyclic) bond motifs is 3. The summed E-state index contributed by atoms with van der Waals surface area (Å²) < 4.78 is 5.83. The molecule has 3 aromatic carbocycles. The summed E-state index contributed by atoms with van der Waals surface area (Å²) in [5.41, 5.74) is 5.75. The van der Waals surface area contributed by atoms with Crippen molar-refractivity contribution in [2.75, 3.05) is 11.9 Å². The third-order valence-corrected chi connectivity index (χ3v) is 6.55. The summed E-state index contributed by atoms with van der Waals surface area (Å²) >= 11 is 6.19. The van der Waals surface area contributed by atoms with Gasteiger partial charge in [-0.3, -0.25) is 4.99 Å². The first-order chi connectivity index (χ1) is 15.7.